The Morgan fingerprint density at radius 3 is 2.79 bits per heavy atom. The molecule has 0 radical (unpaired) electrons. The van der Waals surface area contributed by atoms with Gasteiger partial charge in [-0.1, -0.05) is 30.0 Å². The number of aromatic nitrogens is 3. The van der Waals surface area contributed by atoms with Crippen LogP contribution in [0.5, 0.6) is 0 Å². The van der Waals surface area contributed by atoms with Gasteiger partial charge in [-0.15, -0.1) is 5.10 Å². The number of rotatable bonds is 10. The van der Waals surface area contributed by atoms with E-state index in [-0.39, 0.29) is 11.7 Å². The molecule has 1 aromatic heterocycles. The molecule has 1 aliphatic carbocycles. The Morgan fingerprint density at radius 2 is 2.07 bits per heavy atom. The quantitative estimate of drug-likeness (QED) is 0.467. The highest BCUT2D eigenvalue weighted by Gasteiger charge is 2.30. The number of hydrogen-bond donors (Lipinski definition) is 2. The monoisotopic (exact) mass is 403 g/mol. The smallest absolute Gasteiger partial charge is 0.321 e. The predicted octanol–water partition coefficient (Wildman–Crippen LogP) is 2.49. The Morgan fingerprint density at radius 1 is 1.29 bits per heavy atom. The number of benzene rings is 1. The molecule has 3 rings (SSSR count). The van der Waals surface area contributed by atoms with Gasteiger partial charge in [-0.3, -0.25) is 10.1 Å². The van der Waals surface area contributed by atoms with Gasteiger partial charge in [0.2, 0.25) is 11.1 Å². The molecular formula is C19H25N5O3S. The van der Waals surface area contributed by atoms with Crippen LogP contribution in [0, 0.1) is 0 Å². The lowest BCUT2D eigenvalue weighted by atomic mass is 10.3. The molecule has 0 atom stereocenters. The van der Waals surface area contributed by atoms with Crippen LogP contribution in [0.15, 0.2) is 35.5 Å². The maximum atomic E-state index is 12.0. The summed E-state index contributed by atoms with van der Waals surface area (Å²) in [7, 11) is 0. The van der Waals surface area contributed by atoms with Crippen molar-refractivity contribution >= 4 is 23.7 Å². The minimum atomic E-state index is -0.497. The summed E-state index contributed by atoms with van der Waals surface area (Å²) >= 11 is 1.23. The second-order valence-corrected chi connectivity index (χ2v) is 7.36. The third-order valence-corrected chi connectivity index (χ3v) is 4.93. The fraction of sp³-hybridized carbons (Fsp3) is 0.474. The average Bonchev–Trinajstić information content (AvgIpc) is 3.46. The molecule has 2 N–H and O–H groups in total. The molecule has 0 unspecified atom stereocenters. The number of para-hydroxylation sites is 1. The lowest BCUT2D eigenvalue weighted by molar-refractivity contribution is -0.117. The summed E-state index contributed by atoms with van der Waals surface area (Å²) in [6.45, 7) is 3.61. The van der Waals surface area contributed by atoms with Crippen molar-refractivity contribution in [3.8, 4) is 5.69 Å². The van der Waals surface area contributed by atoms with Gasteiger partial charge in [0.05, 0.1) is 11.4 Å². The maximum Gasteiger partial charge on any atom is 0.321 e. The molecule has 3 amide bonds. The molecule has 150 valence electrons. The predicted molar refractivity (Wildman–Crippen MR) is 107 cm³/mol. The number of carbonyl (C=O) groups excluding carboxylic acids is 2. The fourth-order valence-electron chi connectivity index (χ4n) is 2.59. The van der Waals surface area contributed by atoms with E-state index in [9.17, 15) is 9.59 Å². The van der Waals surface area contributed by atoms with Gasteiger partial charge in [0.15, 0.2) is 0 Å². The molecule has 9 heteroatoms. The Hall–Kier alpha value is -2.39. The first-order valence-electron chi connectivity index (χ1n) is 9.48. The van der Waals surface area contributed by atoms with Crippen molar-refractivity contribution in [1.29, 1.82) is 0 Å². The van der Waals surface area contributed by atoms with Crippen LogP contribution < -0.4 is 10.6 Å². The Labute approximate surface area is 168 Å². The van der Waals surface area contributed by atoms with Gasteiger partial charge in [0.25, 0.3) is 0 Å². The summed E-state index contributed by atoms with van der Waals surface area (Å²) in [5, 5.41) is 10.0. The first-order chi connectivity index (χ1) is 13.7. The maximum absolute atomic E-state index is 12.0. The first-order valence-corrected chi connectivity index (χ1v) is 10.5. The average molecular weight is 404 g/mol. The molecule has 0 saturated heterocycles. The second kappa shape index (κ2) is 10.2. The van der Waals surface area contributed by atoms with E-state index in [0.717, 1.165) is 24.4 Å². The third kappa shape index (κ3) is 6.07. The van der Waals surface area contributed by atoms with Crippen LogP contribution in [0.2, 0.25) is 0 Å². The Kier molecular flexibility index (Phi) is 7.44. The van der Waals surface area contributed by atoms with Crippen molar-refractivity contribution in [3.63, 3.8) is 0 Å². The van der Waals surface area contributed by atoms with Crippen LogP contribution in [0.4, 0.5) is 4.79 Å². The van der Waals surface area contributed by atoms with Gasteiger partial charge >= 0.3 is 6.03 Å². The molecular weight excluding hydrogens is 378 g/mol. The lowest BCUT2D eigenvalue weighted by Crippen LogP contribution is -2.40. The topological polar surface area (TPSA) is 98.1 Å². The van der Waals surface area contributed by atoms with E-state index >= 15 is 0 Å². The van der Waals surface area contributed by atoms with Crippen LogP contribution in [-0.4, -0.2) is 52.2 Å². The van der Waals surface area contributed by atoms with Crippen molar-refractivity contribution in [2.45, 2.75) is 37.3 Å². The Bertz CT molecular complexity index is 792. The highest BCUT2D eigenvalue weighted by atomic mass is 32.2. The highest BCUT2D eigenvalue weighted by molar-refractivity contribution is 7.99. The molecule has 1 saturated carbocycles. The molecule has 2 aromatic rings. The number of urea groups is 1. The van der Waals surface area contributed by atoms with Crippen LogP contribution in [-0.2, 0) is 9.53 Å². The molecule has 8 nitrogen and oxygen atoms in total. The molecule has 1 fully saturated rings. The number of ether oxygens (including phenoxy) is 1. The van der Waals surface area contributed by atoms with Crippen molar-refractivity contribution in [3.05, 3.63) is 36.2 Å². The van der Waals surface area contributed by atoms with E-state index in [2.05, 4.69) is 20.7 Å². The summed E-state index contributed by atoms with van der Waals surface area (Å²) < 4.78 is 7.04. The van der Waals surface area contributed by atoms with Crippen molar-refractivity contribution in [2.75, 3.05) is 25.5 Å². The zero-order chi connectivity index (χ0) is 19.8. The minimum Gasteiger partial charge on any atom is -0.382 e. The van der Waals surface area contributed by atoms with E-state index in [1.165, 1.54) is 11.8 Å². The second-order valence-electron chi connectivity index (χ2n) is 6.42. The highest BCUT2D eigenvalue weighted by Crippen LogP contribution is 2.40. The summed E-state index contributed by atoms with van der Waals surface area (Å²) in [6, 6.07) is 9.35. The van der Waals surface area contributed by atoms with Gasteiger partial charge in [-0.2, -0.15) is 0 Å². The van der Waals surface area contributed by atoms with Crippen LogP contribution in [0.25, 0.3) is 5.69 Å². The summed E-state index contributed by atoms with van der Waals surface area (Å²) in [4.78, 5) is 28.3. The largest absolute Gasteiger partial charge is 0.382 e. The van der Waals surface area contributed by atoms with E-state index < -0.39 is 6.03 Å². The van der Waals surface area contributed by atoms with E-state index in [0.29, 0.717) is 37.3 Å². The SMILES string of the molecule is CCOCCCNC(=O)NC(=O)CSc1nc(C2CC2)n(-c2ccccc2)n1. The summed E-state index contributed by atoms with van der Waals surface area (Å²) in [5.74, 6) is 1.06. The zero-order valence-electron chi connectivity index (χ0n) is 15.9. The Balaban J connectivity index is 1.48. The number of nitrogens with zero attached hydrogens (tertiary/aromatic N) is 3. The number of hydrogen-bond acceptors (Lipinski definition) is 6. The molecule has 1 aromatic carbocycles. The van der Waals surface area contributed by atoms with Gasteiger partial charge in [0.1, 0.15) is 5.82 Å². The van der Waals surface area contributed by atoms with Crippen molar-refractivity contribution in [2.24, 2.45) is 0 Å². The van der Waals surface area contributed by atoms with Crippen LogP contribution >= 0.6 is 11.8 Å². The molecule has 0 bridgehead atoms. The standard InChI is InChI=1S/C19H25N5O3S/c1-2-27-12-6-11-20-18(26)21-16(25)13-28-19-22-17(14-9-10-14)24(23-19)15-7-4-3-5-8-15/h3-5,7-8,14H,2,6,9-13H2,1H3,(H2,20,21,25,26). The molecule has 1 heterocycles. The van der Waals surface area contributed by atoms with Gasteiger partial charge in [-0.25, -0.2) is 14.5 Å². The van der Waals surface area contributed by atoms with Gasteiger partial charge in [-0.05, 0) is 38.3 Å². The van der Waals surface area contributed by atoms with E-state index in [1.54, 1.807) is 0 Å². The first kappa shape index (κ1) is 20.3. The third-order valence-electron chi connectivity index (χ3n) is 4.10. The van der Waals surface area contributed by atoms with Crippen molar-refractivity contribution in [1.82, 2.24) is 25.4 Å². The van der Waals surface area contributed by atoms with Gasteiger partial charge < -0.3 is 10.1 Å². The summed E-state index contributed by atoms with van der Waals surface area (Å²) in [6.07, 6.45) is 2.92. The zero-order valence-corrected chi connectivity index (χ0v) is 16.7. The number of carbonyl (C=O) groups is 2. The molecule has 1 aliphatic rings. The fourth-order valence-corrected chi connectivity index (χ4v) is 3.22. The normalized spacial score (nSPS) is 13.3. The van der Waals surface area contributed by atoms with Crippen LogP contribution in [0.3, 0.4) is 0 Å². The van der Waals surface area contributed by atoms with Gasteiger partial charge in [0, 0.05) is 25.7 Å². The van der Waals surface area contributed by atoms with Crippen LogP contribution in [0.1, 0.15) is 37.9 Å². The molecule has 0 spiro atoms. The minimum absolute atomic E-state index is 0.0786. The molecule has 28 heavy (non-hydrogen) atoms. The molecule has 0 aliphatic heterocycles. The number of imide groups is 1. The van der Waals surface area contributed by atoms with E-state index in [1.807, 2.05) is 41.9 Å². The number of thioether (sulfide) groups is 1. The van der Waals surface area contributed by atoms with Crippen molar-refractivity contribution < 1.29 is 14.3 Å². The summed E-state index contributed by atoms with van der Waals surface area (Å²) in [5.41, 5.74) is 0.958. The van der Waals surface area contributed by atoms with E-state index in [4.69, 9.17) is 4.74 Å². The lowest BCUT2D eigenvalue weighted by Gasteiger charge is -2.06. The number of nitrogens with one attached hydrogen (secondary N) is 2. The number of amides is 3.